The second-order valence-electron chi connectivity index (χ2n) is 6.40. The van der Waals surface area contributed by atoms with Crippen LogP contribution in [0.2, 0.25) is 0 Å². The van der Waals surface area contributed by atoms with Crippen molar-refractivity contribution in [3.8, 4) is 0 Å². The van der Waals surface area contributed by atoms with Crippen molar-refractivity contribution in [2.75, 3.05) is 0 Å². The highest BCUT2D eigenvalue weighted by molar-refractivity contribution is 5.86. The lowest BCUT2D eigenvalue weighted by Crippen LogP contribution is -2.44. The SMILES string of the molecule is O=C(O)[C@@H]1Cc2c([nH]c3ccccc23)C(CCc2ccccc2)N1. The van der Waals surface area contributed by atoms with E-state index in [0.717, 1.165) is 35.0 Å². The topological polar surface area (TPSA) is 65.1 Å². The number of benzene rings is 2. The molecule has 1 unspecified atom stereocenters. The van der Waals surface area contributed by atoms with Gasteiger partial charge < -0.3 is 10.1 Å². The average Bonchev–Trinajstić information content (AvgIpc) is 2.99. The Morgan fingerprint density at radius 2 is 1.83 bits per heavy atom. The van der Waals surface area contributed by atoms with Gasteiger partial charge in [0, 0.05) is 29.1 Å². The van der Waals surface area contributed by atoms with E-state index in [-0.39, 0.29) is 6.04 Å². The molecule has 0 aliphatic carbocycles. The van der Waals surface area contributed by atoms with E-state index in [1.165, 1.54) is 5.56 Å². The van der Waals surface area contributed by atoms with Gasteiger partial charge in [0.25, 0.3) is 0 Å². The van der Waals surface area contributed by atoms with Crippen LogP contribution in [-0.4, -0.2) is 22.1 Å². The van der Waals surface area contributed by atoms with Crippen molar-refractivity contribution in [1.82, 2.24) is 10.3 Å². The van der Waals surface area contributed by atoms with Crippen LogP contribution in [0.15, 0.2) is 54.6 Å². The largest absolute Gasteiger partial charge is 0.480 e. The van der Waals surface area contributed by atoms with Crippen molar-refractivity contribution < 1.29 is 9.90 Å². The van der Waals surface area contributed by atoms with Gasteiger partial charge in [-0.05, 0) is 30.0 Å². The minimum Gasteiger partial charge on any atom is -0.480 e. The fraction of sp³-hybridized carbons (Fsp3) is 0.250. The minimum absolute atomic E-state index is 0.0301. The van der Waals surface area contributed by atoms with Crippen LogP contribution >= 0.6 is 0 Å². The number of aliphatic carboxylic acids is 1. The van der Waals surface area contributed by atoms with Gasteiger partial charge in [0.1, 0.15) is 6.04 Å². The lowest BCUT2D eigenvalue weighted by Gasteiger charge is -2.29. The van der Waals surface area contributed by atoms with E-state index in [1.807, 2.05) is 30.3 Å². The van der Waals surface area contributed by atoms with E-state index < -0.39 is 12.0 Å². The number of aryl methyl sites for hydroxylation is 1. The van der Waals surface area contributed by atoms with Crippen molar-refractivity contribution >= 4 is 16.9 Å². The summed E-state index contributed by atoms with van der Waals surface area (Å²) in [5, 5.41) is 14.0. The molecule has 0 spiro atoms. The number of carboxylic acid groups (broad SMARTS) is 1. The van der Waals surface area contributed by atoms with Crippen LogP contribution in [0.4, 0.5) is 0 Å². The summed E-state index contributed by atoms with van der Waals surface area (Å²) >= 11 is 0. The second kappa shape index (κ2) is 6.13. The fourth-order valence-corrected chi connectivity index (χ4v) is 3.67. The summed E-state index contributed by atoms with van der Waals surface area (Å²) in [5.74, 6) is -0.782. The molecule has 0 amide bonds. The molecule has 1 aliphatic heterocycles. The molecule has 0 saturated carbocycles. The van der Waals surface area contributed by atoms with Gasteiger partial charge in [-0.1, -0.05) is 48.5 Å². The number of carboxylic acids is 1. The Morgan fingerprint density at radius 1 is 1.08 bits per heavy atom. The molecule has 4 rings (SSSR count). The van der Waals surface area contributed by atoms with E-state index in [4.69, 9.17) is 0 Å². The van der Waals surface area contributed by atoms with E-state index in [1.54, 1.807) is 0 Å². The summed E-state index contributed by atoms with van der Waals surface area (Å²) < 4.78 is 0. The first-order chi connectivity index (χ1) is 11.7. The smallest absolute Gasteiger partial charge is 0.321 e. The van der Waals surface area contributed by atoms with Gasteiger partial charge in [-0.2, -0.15) is 0 Å². The minimum atomic E-state index is -0.782. The van der Waals surface area contributed by atoms with Gasteiger partial charge in [-0.3, -0.25) is 10.1 Å². The summed E-state index contributed by atoms with van der Waals surface area (Å²) in [5.41, 5.74) is 4.65. The van der Waals surface area contributed by atoms with Gasteiger partial charge in [-0.15, -0.1) is 0 Å². The molecule has 2 heterocycles. The Bertz CT molecular complexity index is 870. The third-order valence-corrected chi connectivity index (χ3v) is 4.87. The molecule has 122 valence electrons. The standard InChI is InChI=1S/C20H20N2O2/c23-20(24)18-12-15-14-8-4-5-9-16(14)22-19(15)17(21-18)11-10-13-6-2-1-3-7-13/h1-9,17-18,21-22H,10-12H2,(H,23,24)/t17?,18-/m0/s1. The molecule has 2 aromatic carbocycles. The Morgan fingerprint density at radius 3 is 2.62 bits per heavy atom. The number of aromatic nitrogens is 1. The second-order valence-corrected chi connectivity index (χ2v) is 6.40. The van der Waals surface area contributed by atoms with Gasteiger partial charge in [0.15, 0.2) is 0 Å². The average molecular weight is 320 g/mol. The molecule has 3 N–H and O–H groups in total. The predicted octanol–water partition coefficient (Wildman–Crippen LogP) is 3.44. The molecule has 2 atom stereocenters. The number of hydrogen-bond acceptors (Lipinski definition) is 2. The molecular weight excluding hydrogens is 300 g/mol. The zero-order valence-corrected chi connectivity index (χ0v) is 13.3. The lowest BCUT2D eigenvalue weighted by atomic mass is 9.91. The third-order valence-electron chi connectivity index (χ3n) is 4.87. The monoisotopic (exact) mass is 320 g/mol. The maximum atomic E-state index is 11.6. The Balaban J connectivity index is 1.67. The molecule has 0 saturated heterocycles. The number of aromatic amines is 1. The highest BCUT2D eigenvalue weighted by Gasteiger charge is 2.32. The van der Waals surface area contributed by atoms with Crippen molar-refractivity contribution in [3.05, 3.63) is 71.4 Å². The summed E-state index contributed by atoms with van der Waals surface area (Å²) in [6.45, 7) is 0. The van der Waals surface area contributed by atoms with Crippen LogP contribution in [0.3, 0.4) is 0 Å². The molecule has 0 bridgehead atoms. The molecule has 1 aromatic heterocycles. The number of nitrogens with one attached hydrogen (secondary N) is 2. The maximum Gasteiger partial charge on any atom is 0.321 e. The Hall–Kier alpha value is -2.59. The van der Waals surface area contributed by atoms with Gasteiger partial charge in [-0.25, -0.2) is 0 Å². The first-order valence-electron chi connectivity index (χ1n) is 8.34. The van der Waals surface area contributed by atoms with Crippen LogP contribution in [0.25, 0.3) is 10.9 Å². The molecule has 1 aliphatic rings. The number of para-hydroxylation sites is 1. The number of hydrogen-bond donors (Lipinski definition) is 3. The highest BCUT2D eigenvalue weighted by atomic mass is 16.4. The number of fused-ring (bicyclic) bond motifs is 3. The quantitative estimate of drug-likeness (QED) is 0.690. The number of carbonyl (C=O) groups is 1. The summed E-state index contributed by atoms with van der Waals surface area (Å²) in [4.78, 5) is 15.1. The molecular formula is C20H20N2O2. The molecule has 4 heteroatoms. The maximum absolute atomic E-state index is 11.6. The summed E-state index contributed by atoms with van der Waals surface area (Å²) in [6, 6.07) is 18.0. The first-order valence-corrected chi connectivity index (χ1v) is 8.34. The molecule has 3 aromatic rings. The van der Waals surface area contributed by atoms with Crippen molar-refractivity contribution in [2.24, 2.45) is 0 Å². The number of H-pyrrole nitrogens is 1. The first kappa shape index (κ1) is 15.0. The van der Waals surface area contributed by atoms with Crippen LogP contribution in [0, 0.1) is 0 Å². The summed E-state index contributed by atoms with van der Waals surface area (Å²) in [6.07, 6.45) is 2.31. The summed E-state index contributed by atoms with van der Waals surface area (Å²) in [7, 11) is 0. The van der Waals surface area contributed by atoms with E-state index in [9.17, 15) is 9.90 Å². The number of rotatable bonds is 4. The van der Waals surface area contributed by atoms with Crippen molar-refractivity contribution in [2.45, 2.75) is 31.3 Å². The third kappa shape index (κ3) is 2.69. The Labute approximate surface area is 140 Å². The molecule has 4 nitrogen and oxygen atoms in total. The normalized spacial score (nSPS) is 20.0. The lowest BCUT2D eigenvalue weighted by molar-refractivity contribution is -0.139. The molecule has 0 radical (unpaired) electrons. The van der Waals surface area contributed by atoms with E-state index >= 15 is 0 Å². The van der Waals surface area contributed by atoms with Crippen molar-refractivity contribution in [1.29, 1.82) is 0 Å². The van der Waals surface area contributed by atoms with Gasteiger partial charge in [0.05, 0.1) is 0 Å². The molecule has 0 fully saturated rings. The van der Waals surface area contributed by atoms with Crippen LogP contribution < -0.4 is 5.32 Å². The Kier molecular flexibility index (Phi) is 3.82. The predicted molar refractivity (Wildman–Crippen MR) is 94.1 cm³/mol. The van der Waals surface area contributed by atoms with Crippen LogP contribution in [0.1, 0.15) is 29.3 Å². The fourth-order valence-electron chi connectivity index (χ4n) is 3.67. The zero-order chi connectivity index (χ0) is 16.5. The van der Waals surface area contributed by atoms with E-state index in [0.29, 0.717) is 6.42 Å². The molecule has 24 heavy (non-hydrogen) atoms. The van der Waals surface area contributed by atoms with Crippen molar-refractivity contribution in [3.63, 3.8) is 0 Å². The highest BCUT2D eigenvalue weighted by Crippen LogP contribution is 2.33. The zero-order valence-electron chi connectivity index (χ0n) is 13.3. The van der Waals surface area contributed by atoms with Gasteiger partial charge >= 0.3 is 5.97 Å². The van der Waals surface area contributed by atoms with E-state index in [2.05, 4.69) is 34.6 Å². The van der Waals surface area contributed by atoms with Crippen LogP contribution in [-0.2, 0) is 17.6 Å². The van der Waals surface area contributed by atoms with Crippen LogP contribution in [0.5, 0.6) is 0 Å². The van der Waals surface area contributed by atoms with Gasteiger partial charge in [0.2, 0.25) is 0 Å².